The van der Waals surface area contributed by atoms with E-state index < -0.39 is 72.3 Å². The van der Waals surface area contributed by atoms with Gasteiger partial charge in [-0.15, -0.1) is 0 Å². The predicted molar refractivity (Wildman–Crippen MR) is 183 cm³/mol. The second-order valence-corrected chi connectivity index (χ2v) is 11.0. The van der Waals surface area contributed by atoms with Crippen molar-refractivity contribution in [2.24, 2.45) is 49.4 Å². The van der Waals surface area contributed by atoms with Crippen molar-refractivity contribution in [2.45, 2.75) is 36.7 Å². The lowest BCUT2D eigenvalue weighted by Crippen LogP contribution is -2.35. The van der Waals surface area contributed by atoms with Crippen LogP contribution in [0, 0.1) is 0 Å². The summed E-state index contributed by atoms with van der Waals surface area (Å²) in [6.07, 6.45) is -12.1. The number of hydrogen-bond acceptors (Lipinski definition) is 15. The van der Waals surface area contributed by atoms with E-state index in [9.17, 15) is 53.9 Å². The fourth-order valence-corrected chi connectivity index (χ4v) is 3.50. The summed E-state index contributed by atoms with van der Waals surface area (Å²) in [4.78, 5) is 90.0. The van der Waals surface area contributed by atoms with Crippen LogP contribution in [0.3, 0.4) is 0 Å². The maximum Gasteiger partial charge on any atom is 0.490 e. The fourth-order valence-electron chi connectivity index (χ4n) is 3.50. The highest BCUT2D eigenvalue weighted by molar-refractivity contribution is 5.94. The summed E-state index contributed by atoms with van der Waals surface area (Å²) in [5.41, 5.74) is 32.1. The maximum absolute atomic E-state index is 13.1. The van der Waals surface area contributed by atoms with Crippen LogP contribution < -0.4 is 50.4 Å². The minimum atomic E-state index is -5.08. The average Bonchev–Trinajstić information content (AvgIpc) is 3.94. The fraction of sp³-hybridized carbons (Fsp3) is 0.333. The van der Waals surface area contributed by atoms with Crippen molar-refractivity contribution in [1.29, 1.82) is 0 Å². The molecule has 3 atom stereocenters. The van der Waals surface area contributed by atoms with E-state index in [1.165, 1.54) is 0 Å². The molecule has 348 valence electrons. The Bertz CT molecular complexity index is 1930. The van der Waals surface area contributed by atoms with Crippen LogP contribution >= 0.6 is 0 Å². The molecule has 4 rings (SSSR count). The van der Waals surface area contributed by atoms with Gasteiger partial charge < -0.3 is 78.9 Å². The van der Waals surface area contributed by atoms with Gasteiger partial charge in [-0.1, -0.05) is 0 Å². The minimum absolute atomic E-state index is 0.111. The van der Waals surface area contributed by atoms with Crippen LogP contribution in [0.5, 0.6) is 0 Å². The molecule has 27 nitrogen and oxygen atoms in total. The molecule has 6 bridgehead atoms. The number of rotatable bonds is 6. The molecule has 3 aromatic heterocycles. The lowest BCUT2D eigenvalue weighted by Gasteiger charge is -2.14. The van der Waals surface area contributed by atoms with Gasteiger partial charge in [0.2, 0.25) is 17.7 Å². The largest absolute Gasteiger partial charge is 0.490 e. The zero-order valence-corrected chi connectivity index (χ0v) is 30.7. The number of aliphatic imine (C=N–C) groups is 3. The number of halogens is 9. The van der Waals surface area contributed by atoms with Gasteiger partial charge in [0.15, 0.2) is 35.0 Å². The van der Waals surface area contributed by atoms with Crippen LogP contribution in [0.1, 0.15) is 67.3 Å². The first-order valence-corrected chi connectivity index (χ1v) is 15.7. The summed E-state index contributed by atoms with van der Waals surface area (Å²) < 4.78 is 112. The number of nitrogens with zero attached hydrogens (tertiary/aromatic N) is 6. The topological polar surface area (TPSA) is 470 Å². The van der Waals surface area contributed by atoms with E-state index in [4.69, 9.17) is 77.4 Å². The maximum atomic E-state index is 13.1. The molecule has 1 aliphatic rings. The summed E-state index contributed by atoms with van der Waals surface area (Å²) in [7, 11) is 0. The first kappa shape index (κ1) is 52.6. The van der Waals surface area contributed by atoms with Crippen LogP contribution in [-0.2, 0) is 14.4 Å². The van der Waals surface area contributed by atoms with E-state index in [2.05, 4.69) is 45.9 Å². The Balaban J connectivity index is 0.000000776. The Morgan fingerprint density at radius 2 is 0.698 bits per heavy atom. The van der Waals surface area contributed by atoms with Crippen LogP contribution in [0.4, 0.5) is 39.5 Å². The van der Waals surface area contributed by atoms with Gasteiger partial charge in [-0.2, -0.15) is 39.5 Å². The zero-order chi connectivity index (χ0) is 48.6. The second kappa shape index (κ2) is 22.3. The van der Waals surface area contributed by atoms with Crippen molar-refractivity contribution in [3.05, 3.63) is 53.5 Å². The summed E-state index contributed by atoms with van der Waals surface area (Å²) in [5.74, 6) is -11.7. The first-order chi connectivity index (χ1) is 28.8. The van der Waals surface area contributed by atoms with Crippen LogP contribution in [0.25, 0.3) is 0 Å². The van der Waals surface area contributed by atoms with Crippen molar-refractivity contribution < 1.29 is 96.9 Å². The zero-order valence-electron chi connectivity index (χ0n) is 30.7. The summed E-state index contributed by atoms with van der Waals surface area (Å²) >= 11 is 0. The SMILES string of the molecule is NC(N)=NC[C@@H]1NC(=O)c2coc(n2)[C@H](CN=C(N)N)NC(=O)c2coc(n2)[C@H](CN=C(N)N)NC(=O)c2coc1n2.O=C(O)C(F)(F)F.O=C(O)C(F)(F)F.O=C(O)C(F)(F)F. The lowest BCUT2D eigenvalue weighted by atomic mass is 10.2. The van der Waals surface area contributed by atoms with Crippen molar-refractivity contribution in [3.8, 4) is 0 Å². The van der Waals surface area contributed by atoms with E-state index >= 15 is 0 Å². The summed E-state index contributed by atoms with van der Waals surface area (Å²) in [5, 5.41) is 29.2. The Labute approximate surface area is 340 Å². The van der Waals surface area contributed by atoms with Crippen molar-refractivity contribution in [2.75, 3.05) is 19.6 Å². The third-order valence-corrected chi connectivity index (χ3v) is 6.17. The Morgan fingerprint density at radius 3 is 0.857 bits per heavy atom. The van der Waals surface area contributed by atoms with E-state index in [0.717, 1.165) is 18.8 Å². The van der Waals surface area contributed by atoms with Gasteiger partial charge in [0.25, 0.3) is 17.7 Å². The van der Waals surface area contributed by atoms with Gasteiger partial charge in [0.05, 0.1) is 19.6 Å². The molecular weight excluding hydrogens is 897 g/mol. The first-order valence-electron chi connectivity index (χ1n) is 15.7. The smallest absolute Gasteiger partial charge is 0.475 e. The quantitative estimate of drug-likeness (QED) is 0.0729. The van der Waals surface area contributed by atoms with Crippen molar-refractivity contribution in [1.82, 2.24) is 30.9 Å². The molecule has 1 aliphatic heterocycles. The highest BCUT2D eigenvalue weighted by Gasteiger charge is 2.39. The number of oxazole rings is 3. The van der Waals surface area contributed by atoms with E-state index in [1.54, 1.807) is 0 Å². The molecule has 4 heterocycles. The van der Waals surface area contributed by atoms with Gasteiger partial charge in [-0.25, -0.2) is 29.3 Å². The Morgan fingerprint density at radius 1 is 0.508 bits per heavy atom. The molecule has 0 fully saturated rings. The molecule has 36 heteroatoms. The molecule has 0 spiro atoms. The minimum Gasteiger partial charge on any atom is -0.475 e. The Kier molecular flexibility index (Phi) is 18.6. The number of aromatic nitrogens is 3. The Hall–Kier alpha value is -8.37. The molecule has 0 aliphatic carbocycles. The molecule has 0 saturated heterocycles. The van der Waals surface area contributed by atoms with Gasteiger partial charge >= 0.3 is 36.4 Å². The number of amides is 3. The van der Waals surface area contributed by atoms with Gasteiger partial charge in [-0.05, 0) is 0 Å². The van der Waals surface area contributed by atoms with Crippen LogP contribution in [0.15, 0.2) is 47.0 Å². The molecule has 0 radical (unpaired) electrons. The van der Waals surface area contributed by atoms with Crippen molar-refractivity contribution in [3.63, 3.8) is 0 Å². The van der Waals surface area contributed by atoms with E-state index in [0.29, 0.717) is 0 Å². The second-order valence-electron chi connectivity index (χ2n) is 11.0. The third kappa shape index (κ3) is 18.6. The predicted octanol–water partition coefficient (Wildman–Crippen LogP) is -1.90. The third-order valence-electron chi connectivity index (χ3n) is 6.17. The average molecular weight is 928 g/mol. The molecule has 63 heavy (non-hydrogen) atoms. The number of carboxylic acids is 3. The highest BCUT2D eigenvalue weighted by Crippen LogP contribution is 2.21. The highest BCUT2D eigenvalue weighted by atomic mass is 19.4. The monoisotopic (exact) mass is 927 g/mol. The molecule has 3 aromatic rings. The molecule has 0 aromatic carbocycles. The van der Waals surface area contributed by atoms with Gasteiger partial charge in [0, 0.05) is 0 Å². The van der Waals surface area contributed by atoms with E-state index in [-0.39, 0.29) is 72.3 Å². The van der Waals surface area contributed by atoms with E-state index in [1.807, 2.05) is 0 Å². The number of nitrogens with one attached hydrogen (secondary N) is 3. The molecule has 0 saturated carbocycles. The molecule has 3 amide bonds. The van der Waals surface area contributed by atoms with Crippen molar-refractivity contribution >= 4 is 53.5 Å². The standard InChI is InChI=1S/C21H27N15O6.3C2HF3O2/c22-19(23)28-1-7-16-34-11(4-40-16)14(38)32-9(3-30-21(26)27)18-36-12(6-42-18)15(39)33-8(2-29-20(24)25)17-35-10(5-41-17)13(37)31-7;3*3-2(4,5)1(6)7/h4-9H,1-3H2,(H,31,37)(H,32,38)(H,33,39)(H4,22,23,28)(H4,24,25,29)(H4,26,27,30);3*(H,6,7)/t7-,8-,9-;;;/m0.../s1. The number of aliphatic carboxylic acids is 3. The molecule has 18 N–H and O–H groups in total. The lowest BCUT2D eigenvalue weighted by molar-refractivity contribution is -0.193. The summed E-state index contributed by atoms with van der Waals surface area (Å²) in [6.45, 7) is -0.638. The number of carbonyl (C=O) groups is 6. The number of carbonyl (C=O) groups excluding carboxylic acids is 3. The summed E-state index contributed by atoms with van der Waals surface area (Å²) in [6, 6.07) is -3.16. The molecular formula is C27H30F9N15O12. The number of alkyl halides is 9. The number of carboxylic acid groups (broad SMARTS) is 3. The number of fused-ring (bicyclic) bond motifs is 6. The number of guanidine groups is 3. The van der Waals surface area contributed by atoms with Gasteiger partial charge in [-0.3, -0.25) is 29.4 Å². The van der Waals surface area contributed by atoms with Crippen LogP contribution in [-0.4, -0.2) is 122 Å². The van der Waals surface area contributed by atoms with Crippen LogP contribution in [0.2, 0.25) is 0 Å². The van der Waals surface area contributed by atoms with Gasteiger partial charge in [0.1, 0.15) is 36.9 Å². The number of nitrogens with two attached hydrogens (primary N) is 6. The normalized spacial score (nSPS) is 16.3. The number of hydrogen-bond donors (Lipinski definition) is 12. The molecule has 0 unspecified atom stereocenters.